The number of amides is 1. The van der Waals surface area contributed by atoms with Gasteiger partial charge in [0.1, 0.15) is 5.69 Å². The number of likely N-dealkylation sites (tertiary alicyclic amines) is 1. The molecule has 1 aliphatic rings. The maximum Gasteiger partial charge on any atom is 0.270 e. The molecule has 4 nitrogen and oxygen atoms in total. The summed E-state index contributed by atoms with van der Waals surface area (Å²) >= 11 is 6.01. The van der Waals surface area contributed by atoms with Gasteiger partial charge in [0.15, 0.2) is 0 Å². The molecule has 2 rings (SSSR count). The number of carbonyl (C=O) groups excluding carboxylic acids is 1. The van der Waals surface area contributed by atoms with Crippen LogP contribution in [0, 0.1) is 5.92 Å². The van der Waals surface area contributed by atoms with E-state index in [1.54, 1.807) is 6.07 Å². The fourth-order valence-corrected chi connectivity index (χ4v) is 2.94. The number of nitrogens with zero attached hydrogens (tertiary/aromatic N) is 2. The molecule has 2 unspecified atom stereocenters. The monoisotopic (exact) mass is 283 g/mol. The van der Waals surface area contributed by atoms with Crippen molar-refractivity contribution in [2.45, 2.75) is 39.3 Å². The number of aromatic nitrogens is 1. The molecule has 1 saturated heterocycles. The predicted molar refractivity (Wildman–Crippen MR) is 77.4 cm³/mol. The Morgan fingerprint density at radius 1 is 1.53 bits per heavy atom. The van der Waals surface area contributed by atoms with Crippen LogP contribution in [0.15, 0.2) is 12.3 Å². The highest BCUT2D eigenvalue weighted by molar-refractivity contribution is 6.31. The fraction of sp³-hybridized carbons (Fsp3) is 0.643. The van der Waals surface area contributed by atoms with E-state index in [9.17, 15) is 4.79 Å². The number of hydrogen-bond donors (Lipinski definition) is 1. The van der Waals surface area contributed by atoms with E-state index in [4.69, 9.17) is 17.3 Å². The van der Waals surface area contributed by atoms with Gasteiger partial charge < -0.3 is 15.2 Å². The van der Waals surface area contributed by atoms with Crippen LogP contribution >= 0.6 is 11.6 Å². The molecule has 0 saturated carbocycles. The number of rotatable bonds is 3. The number of nitrogens with two attached hydrogens (primary N) is 1. The summed E-state index contributed by atoms with van der Waals surface area (Å²) in [6, 6.07) is 2.03. The molecule has 1 aromatic heterocycles. The van der Waals surface area contributed by atoms with Crippen molar-refractivity contribution in [1.29, 1.82) is 0 Å². The standard InChI is InChI=1S/C14H22ClN3O/c1-3-17-9-12(15)6-13(17)14(19)18-8-11(7-16)5-4-10(18)2/h6,9-11H,3-5,7-8,16H2,1-2H3. The molecule has 2 atom stereocenters. The minimum Gasteiger partial charge on any atom is -0.342 e. The van der Waals surface area contributed by atoms with Crippen molar-refractivity contribution in [3.05, 3.63) is 23.0 Å². The summed E-state index contributed by atoms with van der Waals surface area (Å²) in [5.41, 5.74) is 6.42. The van der Waals surface area contributed by atoms with Crippen molar-refractivity contribution < 1.29 is 4.79 Å². The lowest BCUT2D eigenvalue weighted by molar-refractivity contribution is 0.0556. The first-order valence-electron chi connectivity index (χ1n) is 6.93. The van der Waals surface area contributed by atoms with Gasteiger partial charge in [0.2, 0.25) is 0 Å². The van der Waals surface area contributed by atoms with Crippen molar-refractivity contribution in [1.82, 2.24) is 9.47 Å². The first-order chi connectivity index (χ1) is 9.06. The van der Waals surface area contributed by atoms with Crippen LogP contribution < -0.4 is 5.73 Å². The van der Waals surface area contributed by atoms with E-state index in [1.165, 1.54) is 0 Å². The van der Waals surface area contributed by atoms with Gasteiger partial charge in [0.05, 0.1) is 5.02 Å². The molecule has 0 aromatic carbocycles. The second-order valence-electron chi connectivity index (χ2n) is 5.32. The normalized spacial score (nSPS) is 23.7. The molecule has 1 aromatic rings. The highest BCUT2D eigenvalue weighted by Gasteiger charge is 2.30. The molecule has 1 amide bonds. The molecule has 1 aliphatic heterocycles. The molecule has 2 N–H and O–H groups in total. The van der Waals surface area contributed by atoms with Crippen LogP contribution in [0.1, 0.15) is 37.2 Å². The SMILES string of the molecule is CCn1cc(Cl)cc1C(=O)N1CC(CN)CCC1C. The Balaban J connectivity index is 2.21. The van der Waals surface area contributed by atoms with Crippen molar-refractivity contribution in [2.75, 3.05) is 13.1 Å². The first kappa shape index (κ1) is 14.4. The van der Waals surface area contributed by atoms with E-state index >= 15 is 0 Å². The summed E-state index contributed by atoms with van der Waals surface area (Å²) in [7, 11) is 0. The molecule has 19 heavy (non-hydrogen) atoms. The van der Waals surface area contributed by atoms with Gasteiger partial charge >= 0.3 is 0 Å². The highest BCUT2D eigenvalue weighted by atomic mass is 35.5. The topological polar surface area (TPSA) is 51.3 Å². The Hall–Kier alpha value is -1.00. The third kappa shape index (κ3) is 2.95. The average molecular weight is 284 g/mol. The minimum absolute atomic E-state index is 0.0689. The largest absolute Gasteiger partial charge is 0.342 e. The Bertz CT molecular complexity index is 458. The van der Waals surface area contributed by atoms with Crippen LogP contribution in [0.3, 0.4) is 0 Å². The second kappa shape index (κ2) is 5.97. The van der Waals surface area contributed by atoms with Gasteiger partial charge in [-0.25, -0.2) is 0 Å². The van der Waals surface area contributed by atoms with E-state index in [0.29, 0.717) is 23.2 Å². The molecule has 1 fully saturated rings. The minimum atomic E-state index is 0.0689. The van der Waals surface area contributed by atoms with Crippen LogP contribution in [0.4, 0.5) is 0 Å². The van der Waals surface area contributed by atoms with Gasteiger partial charge in [0.25, 0.3) is 5.91 Å². The molecule has 0 spiro atoms. The number of piperidine rings is 1. The number of carbonyl (C=O) groups is 1. The zero-order valence-corrected chi connectivity index (χ0v) is 12.4. The van der Waals surface area contributed by atoms with E-state index in [2.05, 4.69) is 6.92 Å². The van der Waals surface area contributed by atoms with Gasteiger partial charge in [-0.3, -0.25) is 4.79 Å². The highest BCUT2D eigenvalue weighted by Crippen LogP contribution is 2.24. The lowest BCUT2D eigenvalue weighted by Gasteiger charge is -2.37. The maximum absolute atomic E-state index is 12.7. The lowest BCUT2D eigenvalue weighted by atomic mass is 9.93. The van der Waals surface area contributed by atoms with Gasteiger partial charge in [0, 0.05) is 25.3 Å². The Labute approximate surface area is 119 Å². The molecular weight excluding hydrogens is 262 g/mol. The molecule has 5 heteroatoms. The van der Waals surface area contributed by atoms with Gasteiger partial charge in [-0.2, -0.15) is 0 Å². The van der Waals surface area contributed by atoms with Crippen molar-refractivity contribution >= 4 is 17.5 Å². The first-order valence-corrected chi connectivity index (χ1v) is 7.31. The van der Waals surface area contributed by atoms with Crippen LogP contribution in [-0.4, -0.2) is 34.5 Å². The lowest BCUT2D eigenvalue weighted by Crippen LogP contribution is -2.47. The summed E-state index contributed by atoms with van der Waals surface area (Å²) in [5.74, 6) is 0.486. The number of halogens is 1. The summed E-state index contributed by atoms with van der Waals surface area (Å²) in [6.07, 6.45) is 3.94. The second-order valence-corrected chi connectivity index (χ2v) is 5.75. The molecule has 2 heterocycles. The third-order valence-electron chi connectivity index (χ3n) is 4.00. The van der Waals surface area contributed by atoms with E-state index in [0.717, 1.165) is 25.9 Å². The molecule has 106 valence electrons. The maximum atomic E-state index is 12.7. The van der Waals surface area contributed by atoms with Crippen molar-refractivity contribution in [3.8, 4) is 0 Å². The molecule has 0 bridgehead atoms. The van der Waals surface area contributed by atoms with E-state index < -0.39 is 0 Å². The van der Waals surface area contributed by atoms with Crippen molar-refractivity contribution in [2.24, 2.45) is 11.7 Å². The van der Waals surface area contributed by atoms with Gasteiger partial charge in [-0.15, -0.1) is 0 Å². The summed E-state index contributed by atoms with van der Waals surface area (Å²) in [6.45, 7) is 6.26. The quantitative estimate of drug-likeness (QED) is 0.926. The van der Waals surface area contributed by atoms with Crippen LogP contribution in [0.5, 0.6) is 0 Å². The van der Waals surface area contributed by atoms with E-state index in [1.807, 2.05) is 22.6 Å². The van der Waals surface area contributed by atoms with Gasteiger partial charge in [-0.1, -0.05) is 11.6 Å². The third-order valence-corrected chi connectivity index (χ3v) is 4.20. The van der Waals surface area contributed by atoms with Crippen LogP contribution in [-0.2, 0) is 6.54 Å². The Kier molecular flexibility index (Phi) is 4.53. The molecule has 0 aliphatic carbocycles. The average Bonchev–Trinajstić information content (AvgIpc) is 2.79. The smallest absolute Gasteiger partial charge is 0.270 e. The fourth-order valence-electron chi connectivity index (χ4n) is 2.72. The van der Waals surface area contributed by atoms with Crippen LogP contribution in [0.2, 0.25) is 5.02 Å². The Morgan fingerprint density at radius 2 is 2.26 bits per heavy atom. The van der Waals surface area contributed by atoms with Crippen LogP contribution in [0.25, 0.3) is 0 Å². The molecule has 0 radical (unpaired) electrons. The zero-order valence-electron chi connectivity index (χ0n) is 11.6. The molecular formula is C14H22ClN3O. The predicted octanol–water partition coefficient (Wildman–Crippen LogP) is 2.36. The van der Waals surface area contributed by atoms with Gasteiger partial charge in [-0.05, 0) is 45.2 Å². The summed E-state index contributed by atoms with van der Waals surface area (Å²) in [5, 5.41) is 0.616. The Morgan fingerprint density at radius 3 is 2.89 bits per heavy atom. The number of hydrogen-bond acceptors (Lipinski definition) is 2. The summed E-state index contributed by atoms with van der Waals surface area (Å²) < 4.78 is 1.91. The van der Waals surface area contributed by atoms with E-state index in [-0.39, 0.29) is 11.9 Å². The zero-order chi connectivity index (χ0) is 14.0. The number of aryl methyl sites for hydroxylation is 1. The summed E-state index contributed by atoms with van der Waals surface area (Å²) in [4.78, 5) is 14.6. The van der Waals surface area contributed by atoms with Crippen molar-refractivity contribution in [3.63, 3.8) is 0 Å².